The molecule has 0 amide bonds. The molecule has 0 aliphatic heterocycles. The molecule has 0 unspecified atom stereocenters. The summed E-state index contributed by atoms with van der Waals surface area (Å²) < 4.78 is 2.81. The molecular formula is C14H12BrN5. The molecule has 1 aromatic carbocycles. The van der Waals surface area contributed by atoms with E-state index in [-0.39, 0.29) is 0 Å². The van der Waals surface area contributed by atoms with Crippen LogP contribution in [-0.2, 0) is 0 Å². The molecule has 0 radical (unpaired) electrons. The molecule has 2 heterocycles. The van der Waals surface area contributed by atoms with Crippen molar-refractivity contribution in [3.8, 4) is 17.1 Å². The Morgan fingerprint density at radius 1 is 1.10 bits per heavy atom. The topological polar surface area (TPSA) is 56.5 Å². The first kappa shape index (κ1) is 12.9. The maximum Gasteiger partial charge on any atom is 0.183 e. The van der Waals surface area contributed by atoms with Gasteiger partial charge in [0.2, 0.25) is 0 Å². The average molecular weight is 330 g/mol. The van der Waals surface area contributed by atoms with E-state index in [1.165, 1.54) is 6.33 Å². The van der Waals surface area contributed by atoms with Crippen LogP contribution in [0, 0.1) is 13.8 Å². The number of nitrogens with zero attached hydrogens (tertiary/aromatic N) is 5. The maximum absolute atomic E-state index is 4.46. The van der Waals surface area contributed by atoms with Gasteiger partial charge >= 0.3 is 0 Å². The van der Waals surface area contributed by atoms with Crippen LogP contribution in [0.25, 0.3) is 17.1 Å². The third kappa shape index (κ3) is 2.34. The molecule has 0 spiro atoms. The first-order chi connectivity index (χ1) is 9.65. The Morgan fingerprint density at radius 3 is 2.50 bits per heavy atom. The first-order valence-electron chi connectivity index (χ1n) is 6.12. The number of halogens is 1. The lowest BCUT2D eigenvalue weighted by molar-refractivity contribution is 0.786. The fourth-order valence-electron chi connectivity index (χ4n) is 2.06. The van der Waals surface area contributed by atoms with Crippen molar-refractivity contribution in [2.75, 3.05) is 0 Å². The number of hydrogen-bond acceptors (Lipinski definition) is 4. The van der Waals surface area contributed by atoms with Crippen LogP contribution in [0.3, 0.4) is 0 Å². The molecule has 3 rings (SSSR count). The Balaban J connectivity index is 2.18. The lowest BCUT2D eigenvalue weighted by atomic mass is 10.1. The van der Waals surface area contributed by atoms with Gasteiger partial charge in [0.15, 0.2) is 5.82 Å². The Labute approximate surface area is 124 Å². The second kappa shape index (κ2) is 5.13. The minimum atomic E-state index is 0.688. The molecule has 0 bridgehead atoms. The zero-order valence-corrected chi connectivity index (χ0v) is 12.7. The van der Waals surface area contributed by atoms with Crippen LogP contribution in [0.2, 0.25) is 0 Å². The van der Waals surface area contributed by atoms with Crippen molar-refractivity contribution in [3.05, 3.63) is 52.5 Å². The van der Waals surface area contributed by atoms with E-state index >= 15 is 0 Å². The number of benzene rings is 1. The highest BCUT2D eigenvalue weighted by Gasteiger charge is 2.13. The summed E-state index contributed by atoms with van der Waals surface area (Å²) in [6.45, 7) is 3.95. The third-order valence-electron chi connectivity index (χ3n) is 2.93. The van der Waals surface area contributed by atoms with Gasteiger partial charge in [0, 0.05) is 15.7 Å². The molecule has 0 aliphatic rings. The van der Waals surface area contributed by atoms with Crippen LogP contribution in [0.4, 0.5) is 0 Å². The highest BCUT2D eigenvalue weighted by atomic mass is 79.9. The molecule has 2 aromatic heterocycles. The highest BCUT2D eigenvalue weighted by Crippen LogP contribution is 2.24. The summed E-state index contributed by atoms with van der Waals surface area (Å²) in [5.41, 5.74) is 3.63. The van der Waals surface area contributed by atoms with Crippen molar-refractivity contribution in [2.24, 2.45) is 0 Å². The van der Waals surface area contributed by atoms with Crippen molar-refractivity contribution in [3.63, 3.8) is 0 Å². The molecule has 0 aliphatic carbocycles. The summed E-state index contributed by atoms with van der Waals surface area (Å²) in [6.07, 6.45) is 1.44. The van der Waals surface area contributed by atoms with E-state index in [9.17, 15) is 0 Å². The van der Waals surface area contributed by atoms with Gasteiger partial charge < -0.3 is 0 Å². The Hall–Kier alpha value is -2.08. The first-order valence-corrected chi connectivity index (χ1v) is 6.92. The number of rotatable bonds is 2. The highest BCUT2D eigenvalue weighted by molar-refractivity contribution is 9.10. The third-order valence-corrected chi connectivity index (χ3v) is 3.46. The molecule has 0 atom stereocenters. The van der Waals surface area contributed by atoms with E-state index in [1.807, 2.05) is 44.2 Å². The molecule has 0 saturated carbocycles. The summed E-state index contributed by atoms with van der Waals surface area (Å²) in [5, 5.41) is 12.6. The van der Waals surface area contributed by atoms with Gasteiger partial charge in [-0.25, -0.2) is 9.67 Å². The van der Waals surface area contributed by atoms with Gasteiger partial charge in [-0.15, -0.1) is 10.2 Å². The Bertz CT molecular complexity index is 749. The normalized spacial score (nSPS) is 10.8. The van der Waals surface area contributed by atoms with E-state index in [0.717, 1.165) is 21.4 Å². The van der Waals surface area contributed by atoms with Crippen molar-refractivity contribution in [1.82, 2.24) is 25.0 Å². The predicted octanol–water partition coefficient (Wildman–Crippen LogP) is 3.10. The fourth-order valence-corrected chi connectivity index (χ4v) is 2.33. The molecular weight excluding hydrogens is 318 g/mol. The van der Waals surface area contributed by atoms with E-state index in [0.29, 0.717) is 11.5 Å². The number of aromatic nitrogens is 5. The van der Waals surface area contributed by atoms with E-state index in [1.54, 1.807) is 4.68 Å². The van der Waals surface area contributed by atoms with Crippen LogP contribution in [-0.4, -0.2) is 25.0 Å². The van der Waals surface area contributed by atoms with Crippen molar-refractivity contribution >= 4 is 15.9 Å². The molecule has 6 heteroatoms. The van der Waals surface area contributed by atoms with Crippen molar-refractivity contribution < 1.29 is 0 Å². The van der Waals surface area contributed by atoms with Gasteiger partial charge in [0.25, 0.3) is 0 Å². The summed E-state index contributed by atoms with van der Waals surface area (Å²) in [6, 6.07) is 9.90. The van der Waals surface area contributed by atoms with Gasteiger partial charge in [-0.1, -0.05) is 28.1 Å². The number of aryl methyl sites for hydroxylation is 2. The minimum absolute atomic E-state index is 0.688. The van der Waals surface area contributed by atoms with Crippen molar-refractivity contribution in [2.45, 2.75) is 13.8 Å². The van der Waals surface area contributed by atoms with Gasteiger partial charge in [-0.2, -0.15) is 5.10 Å². The molecule has 0 saturated heterocycles. The minimum Gasteiger partial charge on any atom is -0.217 e. The van der Waals surface area contributed by atoms with Crippen LogP contribution in [0.1, 0.15) is 11.4 Å². The summed E-state index contributed by atoms with van der Waals surface area (Å²) in [4.78, 5) is 4.34. The Morgan fingerprint density at radius 2 is 1.85 bits per heavy atom. The average Bonchev–Trinajstić information content (AvgIpc) is 2.78. The molecule has 0 fully saturated rings. The van der Waals surface area contributed by atoms with Crippen LogP contribution >= 0.6 is 15.9 Å². The molecule has 100 valence electrons. The van der Waals surface area contributed by atoms with Gasteiger partial charge in [-0.3, -0.25) is 0 Å². The SMILES string of the molecule is Cc1cc(C)n(-c2ncnnc2-c2ccc(Br)cc2)n1. The van der Waals surface area contributed by atoms with Gasteiger partial charge in [-0.05, 0) is 32.0 Å². The second-order valence-corrected chi connectivity index (χ2v) is 5.39. The molecule has 20 heavy (non-hydrogen) atoms. The van der Waals surface area contributed by atoms with E-state index in [4.69, 9.17) is 0 Å². The standard InChI is InChI=1S/C14H12BrN5/c1-9-7-10(2)20(19-9)14-13(18-17-8-16-14)11-3-5-12(15)6-4-11/h3-8H,1-2H3. The number of hydrogen-bond donors (Lipinski definition) is 0. The van der Waals surface area contributed by atoms with Crippen LogP contribution in [0.15, 0.2) is 41.1 Å². The van der Waals surface area contributed by atoms with Crippen molar-refractivity contribution in [1.29, 1.82) is 0 Å². The van der Waals surface area contributed by atoms with Crippen LogP contribution in [0.5, 0.6) is 0 Å². The zero-order chi connectivity index (χ0) is 14.1. The lowest BCUT2D eigenvalue weighted by Crippen LogP contribution is -2.06. The smallest absolute Gasteiger partial charge is 0.183 e. The molecule has 5 nitrogen and oxygen atoms in total. The Kier molecular flexibility index (Phi) is 3.31. The zero-order valence-electron chi connectivity index (χ0n) is 11.1. The second-order valence-electron chi connectivity index (χ2n) is 4.48. The van der Waals surface area contributed by atoms with Crippen LogP contribution < -0.4 is 0 Å². The molecule has 3 aromatic rings. The predicted molar refractivity (Wildman–Crippen MR) is 79.6 cm³/mol. The van der Waals surface area contributed by atoms with E-state index in [2.05, 4.69) is 36.2 Å². The summed E-state index contributed by atoms with van der Waals surface area (Å²) in [5.74, 6) is 0.688. The maximum atomic E-state index is 4.46. The van der Waals surface area contributed by atoms with Gasteiger partial charge in [0.1, 0.15) is 12.0 Å². The lowest BCUT2D eigenvalue weighted by Gasteiger charge is -2.08. The largest absolute Gasteiger partial charge is 0.217 e. The quantitative estimate of drug-likeness (QED) is 0.724. The summed E-state index contributed by atoms with van der Waals surface area (Å²) in [7, 11) is 0. The molecule has 0 N–H and O–H groups in total. The fraction of sp³-hybridized carbons (Fsp3) is 0.143. The van der Waals surface area contributed by atoms with Gasteiger partial charge in [0.05, 0.1) is 5.69 Å². The van der Waals surface area contributed by atoms with E-state index < -0.39 is 0 Å². The monoisotopic (exact) mass is 329 g/mol. The summed E-state index contributed by atoms with van der Waals surface area (Å²) >= 11 is 3.43.